The Morgan fingerprint density at radius 3 is 2.53 bits per heavy atom. The number of nitrogens with one attached hydrogen (secondary N) is 1. The summed E-state index contributed by atoms with van der Waals surface area (Å²) in [5, 5.41) is 2.93. The van der Waals surface area contributed by atoms with Crippen LogP contribution in [0.15, 0.2) is 24.3 Å². The largest absolute Gasteiger partial charge is 0.352 e. The van der Waals surface area contributed by atoms with E-state index in [9.17, 15) is 4.79 Å². The van der Waals surface area contributed by atoms with Gasteiger partial charge >= 0.3 is 0 Å². The Morgan fingerprint density at radius 2 is 2.00 bits per heavy atom. The molecule has 0 aliphatic heterocycles. The van der Waals surface area contributed by atoms with Crippen molar-refractivity contribution in [3.8, 4) is 0 Å². The first-order valence-corrected chi connectivity index (χ1v) is 6.20. The van der Waals surface area contributed by atoms with E-state index in [0.29, 0.717) is 13.0 Å². The van der Waals surface area contributed by atoms with Crippen molar-refractivity contribution in [1.29, 1.82) is 0 Å². The molecular weight excluding hydrogens is 212 g/mol. The first-order chi connectivity index (χ1) is 8.15. The van der Waals surface area contributed by atoms with Gasteiger partial charge in [-0.15, -0.1) is 0 Å². The highest BCUT2D eigenvalue weighted by molar-refractivity contribution is 5.76. The third kappa shape index (κ3) is 5.00. The number of carbonyl (C=O) groups is 1. The Hall–Kier alpha value is -1.35. The number of rotatable bonds is 6. The minimum absolute atomic E-state index is 0.0860. The van der Waals surface area contributed by atoms with Crippen LogP contribution in [0.2, 0.25) is 0 Å². The Kier molecular flexibility index (Phi) is 5.70. The number of amides is 1. The van der Waals surface area contributed by atoms with E-state index in [-0.39, 0.29) is 11.9 Å². The molecule has 1 atom stereocenters. The number of hydrogen-bond donors (Lipinski definition) is 2. The molecule has 0 saturated heterocycles. The van der Waals surface area contributed by atoms with Crippen LogP contribution in [0.5, 0.6) is 0 Å². The predicted octanol–water partition coefficient (Wildman–Crippen LogP) is 1.78. The molecule has 0 aliphatic rings. The van der Waals surface area contributed by atoms with Crippen LogP contribution in [0.3, 0.4) is 0 Å². The molecule has 1 aromatic rings. The van der Waals surface area contributed by atoms with Crippen LogP contribution < -0.4 is 11.1 Å². The molecule has 0 heterocycles. The molecule has 0 bridgehead atoms. The monoisotopic (exact) mass is 234 g/mol. The Labute approximate surface area is 103 Å². The zero-order valence-corrected chi connectivity index (χ0v) is 10.7. The number of benzene rings is 1. The normalized spacial score (nSPS) is 12.2. The molecule has 0 radical (unpaired) electrons. The molecule has 3 nitrogen and oxygen atoms in total. The lowest BCUT2D eigenvalue weighted by Gasteiger charge is -2.14. The molecule has 3 heteroatoms. The quantitative estimate of drug-likeness (QED) is 0.788. The fourth-order valence-electron chi connectivity index (χ4n) is 1.64. The third-order valence-electron chi connectivity index (χ3n) is 2.90. The number of hydrogen-bond acceptors (Lipinski definition) is 2. The predicted molar refractivity (Wildman–Crippen MR) is 70.8 cm³/mol. The van der Waals surface area contributed by atoms with E-state index in [1.807, 2.05) is 6.92 Å². The minimum atomic E-state index is 0.0860. The van der Waals surface area contributed by atoms with Gasteiger partial charge in [-0.3, -0.25) is 4.79 Å². The first kappa shape index (κ1) is 13.7. The lowest BCUT2D eigenvalue weighted by Crippen LogP contribution is -2.39. The van der Waals surface area contributed by atoms with Gasteiger partial charge in [0, 0.05) is 19.0 Å². The van der Waals surface area contributed by atoms with Gasteiger partial charge < -0.3 is 11.1 Å². The summed E-state index contributed by atoms with van der Waals surface area (Å²) in [4.78, 5) is 11.6. The van der Waals surface area contributed by atoms with Crippen molar-refractivity contribution in [1.82, 2.24) is 5.32 Å². The lowest BCUT2D eigenvalue weighted by molar-refractivity contribution is -0.121. The van der Waals surface area contributed by atoms with Gasteiger partial charge in [-0.25, -0.2) is 0 Å². The Bertz CT molecular complexity index is 342. The van der Waals surface area contributed by atoms with Crippen LogP contribution in [-0.2, 0) is 11.2 Å². The van der Waals surface area contributed by atoms with E-state index in [1.165, 1.54) is 11.1 Å². The zero-order valence-electron chi connectivity index (χ0n) is 10.7. The molecule has 1 aromatic carbocycles. The Balaban J connectivity index is 2.35. The van der Waals surface area contributed by atoms with Crippen LogP contribution >= 0.6 is 0 Å². The smallest absolute Gasteiger partial charge is 0.220 e. The molecule has 94 valence electrons. The molecule has 1 unspecified atom stereocenters. The molecule has 1 rings (SSSR count). The topological polar surface area (TPSA) is 55.1 Å². The molecule has 0 fully saturated rings. The van der Waals surface area contributed by atoms with Crippen LogP contribution in [0.4, 0.5) is 0 Å². The highest BCUT2D eigenvalue weighted by Gasteiger charge is 2.08. The summed E-state index contributed by atoms with van der Waals surface area (Å²) < 4.78 is 0. The maximum absolute atomic E-state index is 11.6. The van der Waals surface area contributed by atoms with Crippen LogP contribution in [0, 0.1) is 6.92 Å². The fraction of sp³-hybridized carbons (Fsp3) is 0.500. The molecule has 1 amide bonds. The molecule has 0 spiro atoms. The summed E-state index contributed by atoms with van der Waals surface area (Å²) in [6.07, 6.45) is 2.19. The summed E-state index contributed by atoms with van der Waals surface area (Å²) in [7, 11) is 0. The zero-order chi connectivity index (χ0) is 12.7. The summed E-state index contributed by atoms with van der Waals surface area (Å²) in [6.45, 7) is 4.59. The summed E-state index contributed by atoms with van der Waals surface area (Å²) in [5.41, 5.74) is 7.98. The second-order valence-electron chi connectivity index (χ2n) is 4.39. The van der Waals surface area contributed by atoms with Gasteiger partial charge in [0.1, 0.15) is 0 Å². The second-order valence-corrected chi connectivity index (χ2v) is 4.39. The van der Waals surface area contributed by atoms with Gasteiger partial charge in [-0.05, 0) is 25.3 Å². The standard InChI is InChI=1S/C14H22N2O/c1-3-13(10-15)16-14(17)9-8-12-6-4-11(2)5-7-12/h4-7,13H,3,8-10,15H2,1-2H3,(H,16,17). The van der Waals surface area contributed by atoms with E-state index >= 15 is 0 Å². The number of carbonyl (C=O) groups excluding carboxylic acids is 1. The molecule has 17 heavy (non-hydrogen) atoms. The minimum Gasteiger partial charge on any atom is -0.352 e. The van der Waals surface area contributed by atoms with Crippen molar-refractivity contribution in [2.24, 2.45) is 5.73 Å². The van der Waals surface area contributed by atoms with E-state index < -0.39 is 0 Å². The Morgan fingerprint density at radius 1 is 1.35 bits per heavy atom. The van der Waals surface area contributed by atoms with E-state index in [2.05, 4.69) is 36.5 Å². The summed E-state index contributed by atoms with van der Waals surface area (Å²) in [5.74, 6) is 0.0860. The third-order valence-corrected chi connectivity index (χ3v) is 2.90. The van der Waals surface area contributed by atoms with Crippen LogP contribution in [-0.4, -0.2) is 18.5 Å². The number of nitrogens with two attached hydrogens (primary N) is 1. The van der Waals surface area contributed by atoms with E-state index in [4.69, 9.17) is 5.73 Å². The molecule has 0 aliphatic carbocycles. The van der Waals surface area contributed by atoms with Gasteiger partial charge in [-0.2, -0.15) is 0 Å². The van der Waals surface area contributed by atoms with Gasteiger partial charge in [0.05, 0.1) is 0 Å². The molecule has 0 aromatic heterocycles. The average Bonchev–Trinajstić information content (AvgIpc) is 2.35. The van der Waals surface area contributed by atoms with Crippen molar-refractivity contribution < 1.29 is 4.79 Å². The van der Waals surface area contributed by atoms with Crippen LogP contribution in [0.1, 0.15) is 30.9 Å². The summed E-state index contributed by atoms with van der Waals surface area (Å²) in [6, 6.07) is 8.40. The average molecular weight is 234 g/mol. The van der Waals surface area contributed by atoms with Gasteiger partial charge in [0.2, 0.25) is 5.91 Å². The van der Waals surface area contributed by atoms with Gasteiger partial charge in [0.15, 0.2) is 0 Å². The van der Waals surface area contributed by atoms with Gasteiger partial charge in [-0.1, -0.05) is 36.8 Å². The van der Waals surface area contributed by atoms with E-state index in [0.717, 1.165) is 12.8 Å². The maximum atomic E-state index is 11.6. The van der Waals surface area contributed by atoms with Crippen molar-refractivity contribution >= 4 is 5.91 Å². The maximum Gasteiger partial charge on any atom is 0.220 e. The molecular formula is C14H22N2O. The highest BCUT2D eigenvalue weighted by Crippen LogP contribution is 2.05. The van der Waals surface area contributed by atoms with Crippen molar-refractivity contribution in [3.05, 3.63) is 35.4 Å². The summed E-state index contributed by atoms with van der Waals surface area (Å²) >= 11 is 0. The van der Waals surface area contributed by atoms with E-state index in [1.54, 1.807) is 0 Å². The highest BCUT2D eigenvalue weighted by atomic mass is 16.1. The second kappa shape index (κ2) is 7.07. The molecule has 0 saturated carbocycles. The lowest BCUT2D eigenvalue weighted by atomic mass is 10.1. The fourth-order valence-corrected chi connectivity index (χ4v) is 1.64. The van der Waals surface area contributed by atoms with Crippen molar-refractivity contribution in [2.45, 2.75) is 39.2 Å². The SMILES string of the molecule is CCC(CN)NC(=O)CCc1ccc(C)cc1. The van der Waals surface area contributed by atoms with Crippen molar-refractivity contribution in [3.63, 3.8) is 0 Å². The van der Waals surface area contributed by atoms with Crippen LogP contribution in [0.25, 0.3) is 0 Å². The first-order valence-electron chi connectivity index (χ1n) is 6.20. The molecule has 3 N–H and O–H groups in total. The van der Waals surface area contributed by atoms with Crippen molar-refractivity contribution in [2.75, 3.05) is 6.54 Å². The van der Waals surface area contributed by atoms with Gasteiger partial charge in [0.25, 0.3) is 0 Å². The number of aryl methyl sites for hydroxylation is 2.